The highest BCUT2D eigenvalue weighted by Crippen LogP contribution is 2.33. The second-order valence-electron chi connectivity index (χ2n) is 6.01. The first-order valence-corrected chi connectivity index (χ1v) is 8.54. The van der Waals surface area contributed by atoms with Gasteiger partial charge in [-0.25, -0.2) is 0 Å². The van der Waals surface area contributed by atoms with Crippen LogP contribution in [0.3, 0.4) is 0 Å². The van der Waals surface area contributed by atoms with E-state index in [1.165, 1.54) is 0 Å². The number of morpholine rings is 1. The minimum atomic E-state index is -0.0514. The van der Waals surface area contributed by atoms with Crippen molar-refractivity contribution in [2.45, 2.75) is 6.10 Å². The molecule has 1 unspecified atom stereocenters. The van der Waals surface area contributed by atoms with Crippen LogP contribution in [0.2, 0.25) is 5.02 Å². The van der Waals surface area contributed by atoms with Crippen LogP contribution in [0.5, 0.6) is 0 Å². The molecule has 0 saturated carbocycles. The third kappa shape index (κ3) is 3.05. The molecule has 3 aromatic rings. The summed E-state index contributed by atoms with van der Waals surface area (Å²) >= 11 is 5.99. The lowest BCUT2D eigenvalue weighted by molar-refractivity contribution is 0.0399. The number of ether oxygens (including phenoxy) is 1. The molecule has 0 amide bonds. The fourth-order valence-electron chi connectivity index (χ4n) is 3.28. The average Bonchev–Trinajstić information content (AvgIpc) is 2.67. The first kappa shape index (κ1) is 15.9. The third-order valence-electron chi connectivity index (χ3n) is 4.49. The molecule has 4 nitrogen and oxygen atoms in total. The normalized spacial score (nSPS) is 17.4. The predicted octanol–water partition coefficient (Wildman–Crippen LogP) is 4.34. The quantitative estimate of drug-likeness (QED) is 0.690. The van der Waals surface area contributed by atoms with E-state index in [-0.39, 0.29) is 6.10 Å². The molecule has 1 fully saturated rings. The van der Waals surface area contributed by atoms with E-state index in [0.717, 1.165) is 28.7 Å². The van der Waals surface area contributed by atoms with Crippen LogP contribution < -0.4 is 4.90 Å². The van der Waals surface area contributed by atoms with Gasteiger partial charge in [0.15, 0.2) is 0 Å². The summed E-state index contributed by atoms with van der Waals surface area (Å²) in [6, 6.07) is 17.9. The Kier molecular flexibility index (Phi) is 4.27. The fraction of sp³-hybridized carbons (Fsp3) is 0.200. The number of nitrogens with zero attached hydrogens (tertiary/aromatic N) is 3. The van der Waals surface area contributed by atoms with Gasteiger partial charge in [0.25, 0.3) is 0 Å². The first-order valence-electron chi connectivity index (χ1n) is 8.16. The van der Waals surface area contributed by atoms with E-state index >= 15 is 0 Å². The summed E-state index contributed by atoms with van der Waals surface area (Å²) < 4.78 is 5.96. The molecule has 2 heterocycles. The van der Waals surface area contributed by atoms with E-state index < -0.39 is 0 Å². The van der Waals surface area contributed by atoms with E-state index in [1.807, 2.05) is 48.5 Å². The molecule has 0 bridgehead atoms. The van der Waals surface area contributed by atoms with Gasteiger partial charge in [-0.1, -0.05) is 41.9 Å². The van der Waals surface area contributed by atoms with E-state index in [2.05, 4.69) is 16.0 Å². The Morgan fingerprint density at radius 2 is 1.96 bits per heavy atom. The molecule has 1 saturated heterocycles. The molecular formula is C20H16ClN3O. The van der Waals surface area contributed by atoms with Crippen LogP contribution in [0.4, 0.5) is 5.69 Å². The Morgan fingerprint density at radius 3 is 2.76 bits per heavy atom. The number of nitriles is 1. The zero-order valence-corrected chi connectivity index (χ0v) is 14.3. The van der Waals surface area contributed by atoms with Crippen LogP contribution >= 0.6 is 11.6 Å². The lowest BCUT2D eigenvalue weighted by Gasteiger charge is -2.35. The van der Waals surface area contributed by atoms with Crippen LogP contribution in [0.25, 0.3) is 10.9 Å². The van der Waals surface area contributed by atoms with Gasteiger partial charge < -0.3 is 9.64 Å². The number of halogens is 1. The number of hydrogen-bond acceptors (Lipinski definition) is 4. The van der Waals surface area contributed by atoms with Gasteiger partial charge in [0.1, 0.15) is 12.2 Å². The molecule has 2 aromatic carbocycles. The molecule has 25 heavy (non-hydrogen) atoms. The fourth-order valence-corrected chi connectivity index (χ4v) is 3.41. The van der Waals surface area contributed by atoms with Gasteiger partial charge in [-0.3, -0.25) is 4.98 Å². The van der Waals surface area contributed by atoms with Crippen LogP contribution in [0, 0.1) is 11.3 Å². The van der Waals surface area contributed by atoms with Gasteiger partial charge in [-0.2, -0.15) is 5.26 Å². The second-order valence-corrected chi connectivity index (χ2v) is 6.44. The molecule has 5 heteroatoms. The van der Waals surface area contributed by atoms with Crippen molar-refractivity contribution in [3.8, 4) is 6.07 Å². The standard InChI is InChI=1S/C20H16ClN3O/c21-16-7-5-14(6-8-16)19-13-24(9-10-25-19)20-15(11-22)12-23-18-4-2-1-3-17(18)20/h1-8,12,19H,9-10,13H2. The van der Waals surface area contributed by atoms with E-state index in [0.29, 0.717) is 23.7 Å². The molecule has 1 aliphatic heterocycles. The highest BCUT2D eigenvalue weighted by Gasteiger charge is 2.25. The number of fused-ring (bicyclic) bond motifs is 1. The Bertz CT molecular complexity index is 949. The number of benzene rings is 2. The molecule has 0 N–H and O–H groups in total. The molecule has 1 aromatic heterocycles. The number of rotatable bonds is 2. The molecule has 4 rings (SSSR count). The molecule has 0 radical (unpaired) electrons. The average molecular weight is 350 g/mol. The van der Waals surface area contributed by atoms with Crippen molar-refractivity contribution in [2.24, 2.45) is 0 Å². The van der Waals surface area contributed by atoms with Crippen molar-refractivity contribution in [1.82, 2.24) is 4.98 Å². The Balaban J connectivity index is 1.73. The van der Waals surface area contributed by atoms with Crippen molar-refractivity contribution in [3.05, 3.63) is 70.9 Å². The van der Waals surface area contributed by atoms with Crippen LogP contribution in [-0.4, -0.2) is 24.7 Å². The Hall–Kier alpha value is -2.61. The zero-order chi connectivity index (χ0) is 17.2. The summed E-state index contributed by atoms with van der Waals surface area (Å²) in [5.74, 6) is 0. The summed E-state index contributed by atoms with van der Waals surface area (Å²) in [6.07, 6.45) is 1.61. The van der Waals surface area contributed by atoms with Crippen LogP contribution in [0.1, 0.15) is 17.2 Å². The summed E-state index contributed by atoms with van der Waals surface area (Å²) in [7, 11) is 0. The number of hydrogen-bond donors (Lipinski definition) is 0. The molecule has 1 atom stereocenters. The molecule has 124 valence electrons. The van der Waals surface area contributed by atoms with Gasteiger partial charge in [-0.15, -0.1) is 0 Å². The Labute approximate surface area is 151 Å². The number of aromatic nitrogens is 1. The number of para-hydroxylation sites is 1. The van der Waals surface area contributed by atoms with Crippen molar-refractivity contribution in [2.75, 3.05) is 24.6 Å². The maximum Gasteiger partial charge on any atom is 0.103 e. The smallest absolute Gasteiger partial charge is 0.103 e. The number of anilines is 1. The van der Waals surface area contributed by atoms with Crippen LogP contribution in [0.15, 0.2) is 54.7 Å². The maximum absolute atomic E-state index is 9.56. The topological polar surface area (TPSA) is 49.2 Å². The Morgan fingerprint density at radius 1 is 1.16 bits per heavy atom. The third-order valence-corrected chi connectivity index (χ3v) is 4.74. The molecule has 0 aliphatic carbocycles. The van der Waals surface area contributed by atoms with E-state index in [9.17, 15) is 5.26 Å². The summed E-state index contributed by atoms with van der Waals surface area (Å²) in [4.78, 5) is 6.63. The van der Waals surface area contributed by atoms with E-state index in [4.69, 9.17) is 16.3 Å². The lowest BCUT2D eigenvalue weighted by atomic mass is 10.0. The maximum atomic E-state index is 9.56. The summed E-state index contributed by atoms with van der Waals surface area (Å²) in [5.41, 5.74) is 3.52. The second kappa shape index (κ2) is 6.72. The number of pyridine rings is 1. The summed E-state index contributed by atoms with van der Waals surface area (Å²) in [6.45, 7) is 2.03. The molecular weight excluding hydrogens is 334 g/mol. The lowest BCUT2D eigenvalue weighted by Crippen LogP contribution is -2.39. The largest absolute Gasteiger partial charge is 0.370 e. The molecule has 1 aliphatic rings. The van der Waals surface area contributed by atoms with Crippen LogP contribution in [-0.2, 0) is 4.74 Å². The van der Waals surface area contributed by atoms with Crippen molar-refractivity contribution < 1.29 is 4.74 Å². The van der Waals surface area contributed by atoms with Gasteiger partial charge in [-0.05, 0) is 23.8 Å². The van der Waals surface area contributed by atoms with E-state index in [1.54, 1.807) is 6.20 Å². The zero-order valence-electron chi connectivity index (χ0n) is 13.5. The van der Waals surface area contributed by atoms with Crippen molar-refractivity contribution >= 4 is 28.2 Å². The summed E-state index contributed by atoms with van der Waals surface area (Å²) in [5, 5.41) is 11.3. The molecule has 0 spiro atoms. The van der Waals surface area contributed by atoms with Gasteiger partial charge in [0.2, 0.25) is 0 Å². The SMILES string of the molecule is N#Cc1cnc2ccccc2c1N1CCOC(c2ccc(Cl)cc2)C1. The highest BCUT2D eigenvalue weighted by molar-refractivity contribution is 6.30. The van der Waals surface area contributed by atoms with Gasteiger partial charge >= 0.3 is 0 Å². The first-order chi connectivity index (χ1) is 12.3. The highest BCUT2D eigenvalue weighted by atomic mass is 35.5. The predicted molar refractivity (Wildman–Crippen MR) is 98.8 cm³/mol. The monoisotopic (exact) mass is 349 g/mol. The van der Waals surface area contributed by atoms with Gasteiger partial charge in [0, 0.05) is 29.7 Å². The minimum absolute atomic E-state index is 0.0514. The minimum Gasteiger partial charge on any atom is -0.370 e. The van der Waals surface area contributed by atoms with Crippen molar-refractivity contribution in [3.63, 3.8) is 0 Å². The van der Waals surface area contributed by atoms with Crippen molar-refractivity contribution in [1.29, 1.82) is 5.26 Å². The van der Waals surface area contributed by atoms with Gasteiger partial charge in [0.05, 0.1) is 23.4 Å².